The van der Waals surface area contributed by atoms with Crippen LogP contribution in [0.5, 0.6) is 5.75 Å². The summed E-state index contributed by atoms with van der Waals surface area (Å²) in [6.45, 7) is 13.1. The van der Waals surface area contributed by atoms with Gasteiger partial charge in [-0.3, -0.25) is 24.1 Å². The Morgan fingerprint density at radius 3 is 2.26 bits per heavy atom. The van der Waals surface area contributed by atoms with E-state index in [1.165, 1.54) is 11.0 Å². The van der Waals surface area contributed by atoms with Gasteiger partial charge in [-0.15, -0.1) is 11.3 Å². The van der Waals surface area contributed by atoms with Gasteiger partial charge in [0.25, 0.3) is 5.91 Å². The van der Waals surface area contributed by atoms with Crippen molar-refractivity contribution in [3.63, 3.8) is 0 Å². The number of nitrogens with one attached hydrogen (secondary N) is 1. The van der Waals surface area contributed by atoms with E-state index in [0.717, 1.165) is 55.4 Å². The highest BCUT2D eigenvalue weighted by molar-refractivity contribution is 7.81. The van der Waals surface area contributed by atoms with Gasteiger partial charge in [0.1, 0.15) is 23.9 Å². The maximum Gasteiger partial charge on any atom is 0.417 e. The van der Waals surface area contributed by atoms with E-state index in [2.05, 4.69) is 10.3 Å². The summed E-state index contributed by atoms with van der Waals surface area (Å²) in [6.07, 6.45) is -3.59. The number of unbranched alkanes of at least 4 members (excludes halogenated alkanes) is 1. The van der Waals surface area contributed by atoms with Gasteiger partial charge in [-0.25, -0.2) is 4.98 Å². The standard InChI is InChI=1S/C55H59F3N6O7S2/c1-33-26-42(21-22-43(33)36-15-18-39(19-16-36)64-52(72)63(51(69)54(64,6)7)40-20-17-38(29-59)44(27-40)55(56,57)58)71-25-9-8-24-70-31-47(67)61-49(53(3,4)5)50(68)62-30-41(65)28-45(62)46(66)23-12-35-10-13-37(14-11-35)48-34(2)60-32-73-48/h10-11,13-22,26-27,32,41,45,49,65H,8-9,12,23-25,28,30-31H2,1-7H3,(H,61,67)/t41-,45+,49-/m1/s1. The van der Waals surface area contributed by atoms with Crippen LogP contribution in [-0.4, -0.2) is 93.7 Å². The van der Waals surface area contributed by atoms with Crippen molar-refractivity contribution in [3.8, 4) is 33.4 Å². The summed E-state index contributed by atoms with van der Waals surface area (Å²) in [7, 11) is 0. The second-order valence-corrected chi connectivity index (χ2v) is 21.2. The summed E-state index contributed by atoms with van der Waals surface area (Å²) >= 11 is 7.27. The molecule has 0 spiro atoms. The van der Waals surface area contributed by atoms with Crippen LogP contribution >= 0.6 is 23.6 Å². The molecule has 2 fully saturated rings. The Morgan fingerprint density at radius 2 is 1.63 bits per heavy atom. The van der Waals surface area contributed by atoms with E-state index >= 15 is 0 Å². The predicted octanol–water partition coefficient (Wildman–Crippen LogP) is 9.77. The number of hydrogen-bond acceptors (Lipinski definition) is 11. The number of ketones is 1. The van der Waals surface area contributed by atoms with Crippen molar-refractivity contribution < 1.29 is 46.9 Å². The lowest BCUT2D eigenvalue weighted by Gasteiger charge is -2.35. The molecule has 13 nitrogen and oxygen atoms in total. The van der Waals surface area contributed by atoms with E-state index in [1.807, 2.05) is 94.7 Å². The molecule has 3 heterocycles. The molecule has 4 aromatic carbocycles. The van der Waals surface area contributed by atoms with Gasteiger partial charge in [0, 0.05) is 31.7 Å². The molecule has 18 heteroatoms. The van der Waals surface area contributed by atoms with Crippen LogP contribution in [-0.2, 0) is 36.5 Å². The zero-order valence-electron chi connectivity index (χ0n) is 41.8. The number of aromatic nitrogens is 1. The second kappa shape index (κ2) is 22.3. The molecule has 0 radical (unpaired) electrons. The smallest absolute Gasteiger partial charge is 0.417 e. The number of likely N-dealkylation sites (tertiary alicyclic amines) is 1. The van der Waals surface area contributed by atoms with Gasteiger partial charge in [0.2, 0.25) is 11.8 Å². The number of aliphatic hydroxyl groups excluding tert-OH is 1. The first-order chi connectivity index (χ1) is 34.5. The number of alkyl halides is 3. The Labute approximate surface area is 432 Å². The number of nitriles is 1. The quantitative estimate of drug-likeness (QED) is 0.0634. The second-order valence-electron chi connectivity index (χ2n) is 20.0. The summed E-state index contributed by atoms with van der Waals surface area (Å²) in [6, 6.07) is 24.0. The Balaban J connectivity index is 0.855. The van der Waals surface area contributed by atoms with Crippen LogP contribution in [0.3, 0.4) is 0 Å². The minimum absolute atomic E-state index is 0.00398. The van der Waals surface area contributed by atoms with Gasteiger partial charge >= 0.3 is 6.18 Å². The van der Waals surface area contributed by atoms with Gasteiger partial charge < -0.3 is 29.7 Å². The largest absolute Gasteiger partial charge is 0.494 e. The molecule has 0 aliphatic carbocycles. The third-order valence-electron chi connectivity index (χ3n) is 13.1. The van der Waals surface area contributed by atoms with Crippen molar-refractivity contribution in [2.45, 2.75) is 110 Å². The lowest BCUT2D eigenvalue weighted by molar-refractivity contribution is -0.144. The number of amides is 3. The number of aliphatic hydroxyl groups is 1. The fourth-order valence-electron chi connectivity index (χ4n) is 9.18. The van der Waals surface area contributed by atoms with Crippen molar-refractivity contribution in [3.05, 3.63) is 118 Å². The van der Waals surface area contributed by atoms with Crippen molar-refractivity contribution in [2.75, 3.05) is 36.2 Å². The fraction of sp³-hybridized carbons (Fsp3) is 0.400. The zero-order chi connectivity index (χ0) is 53.0. The molecule has 7 rings (SSSR count). The average molecular weight is 1040 g/mol. The van der Waals surface area contributed by atoms with E-state index in [9.17, 15) is 42.7 Å². The highest BCUT2D eigenvalue weighted by Gasteiger charge is 2.51. The number of nitrogens with zero attached hydrogens (tertiary/aromatic N) is 5. The zero-order valence-corrected chi connectivity index (χ0v) is 43.5. The number of ether oxygens (including phenoxy) is 2. The number of carbonyl (C=O) groups excluding carboxylic acids is 4. The topological polar surface area (TPSA) is 165 Å². The van der Waals surface area contributed by atoms with E-state index in [1.54, 1.807) is 48.3 Å². The number of carbonyl (C=O) groups is 4. The first-order valence-electron chi connectivity index (χ1n) is 24.0. The van der Waals surface area contributed by atoms with Crippen molar-refractivity contribution in [1.29, 1.82) is 5.26 Å². The van der Waals surface area contributed by atoms with Crippen LogP contribution in [0.2, 0.25) is 0 Å². The van der Waals surface area contributed by atoms with Crippen molar-refractivity contribution >= 4 is 63.5 Å². The Kier molecular flexibility index (Phi) is 16.6. The van der Waals surface area contributed by atoms with Crippen LogP contribution in [0.25, 0.3) is 21.6 Å². The fourth-order valence-corrected chi connectivity index (χ4v) is 10.5. The SMILES string of the molecule is Cc1cc(OCCCCOCC(=O)N[C@H](C(=O)N2C[C@H](O)C[C@H]2C(=O)CCc2ccc(-c3scnc3C)cc2)C(C)(C)C)ccc1-c1ccc(N2C(=S)N(c3ccc(C#N)c(C(F)(F)F)c3)C(=O)C2(C)C)cc1. The molecular formula is C55H59F3N6O7S2. The average Bonchev–Trinajstić information content (AvgIpc) is 4.01. The van der Waals surface area contributed by atoms with Gasteiger partial charge in [0.05, 0.1) is 57.7 Å². The normalized spacial score (nSPS) is 17.2. The van der Waals surface area contributed by atoms with E-state index in [0.29, 0.717) is 37.3 Å². The third-order valence-corrected chi connectivity index (χ3v) is 14.5. The molecule has 384 valence electrons. The predicted molar refractivity (Wildman–Crippen MR) is 278 cm³/mol. The maximum atomic E-state index is 14.0. The molecule has 2 saturated heterocycles. The number of thiazole rings is 1. The number of halogens is 3. The molecule has 0 saturated carbocycles. The van der Waals surface area contributed by atoms with Gasteiger partial charge in [-0.05, 0) is 135 Å². The van der Waals surface area contributed by atoms with Crippen molar-refractivity contribution in [2.24, 2.45) is 5.41 Å². The number of anilines is 2. The molecule has 5 aromatic rings. The molecule has 1 aromatic heterocycles. The van der Waals surface area contributed by atoms with Crippen LogP contribution in [0.1, 0.15) is 88.2 Å². The highest BCUT2D eigenvalue weighted by atomic mass is 32.1. The monoisotopic (exact) mass is 1040 g/mol. The summed E-state index contributed by atoms with van der Waals surface area (Å²) in [5.74, 6) is -0.876. The van der Waals surface area contributed by atoms with Gasteiger partial charge in [0.15, 0.2) is 10.9 Å². The number of β-amino-alcohol motifs (C(OH)–C–C–N with tert-alkyl or cyclic N) is 1. The van der Waals surface area contributed by atoms with Crippen LogP contribution in [0.4, 0.5) is 24.5 Å². The van der Waals surface area contributed by atoms with E-state index in [4.69, 9.17) is 21.7 Å². The van der Waals surface area contributed by atoms with Crippen molar-refractivity contribution in [1.82, 2.24) is 15.2 Å². The van der Waals surface area contributed by atoms with E-state index < -0.39 is 64.2 Å². The number of thiocarbonyl (C=S) groups is 1. The molecular weight excluding hydrogens is 978 g/mol. The third kappa shape index (κ3) is 12.3. The number of rotatable bonds is 18. The minimum atomic E-state index is -4.81. The van der Waals surface area contributed by atoms with E-state index in [-0.39, 0.29) is 49.2 Å². The number of hydrogen-bond donors (Lipinski definition) is 2. The summed E-state index contributed by atoms with van der Waals surface area (Å²) in [4.78, 5) is 63.9. The molecule has 0 unspecified atom stereocenters. The molecule has 2 aliphatic heterocycles. The Bertz CT molecular complexity index is 2910. The molecule has 3 atom stereocenters. The molecule has 2 N–H and O–H groups in total. The lowest BCUT2D eigenvalue weighted by atomic mass is 9.85. The first kappa shape index (κ1) is 54.3. The molecule has 73 heavy (non-hydrogen) atoms. The number of Topliss-reactive ketones (excluding diaryl/α,β-unsaturated/α-hetero) is 1. The maximum absolute atomic E-state index is 14.0. The Morgan fingerprint density at radius 1 is 0.959 bits per heavy atom. The Hall–Kier alpha value is -6.52. The first-order valence-corrected chi connectivity index (χ1v) is 25.3. The minimum Gasteiger partial charge on any atom is -0.494 e. The van der Waals surface area contributed by atoms with Crippen LogP contribution < -0.4 is 19.9 Å². The molecule has 0 bridgehead atoms. The van der Waals surface area contributed by atoms with Crippen LogP contribution in [0.15, 0.2) is 90.4 Å². The van der Waals surface area contributed by atoms with Crippen LogP contribution in [0, 0.1) is 30.6 Å². The summed E-state index contributed by atoms with van der Waals surface area (Å²) in [5.41, 5.74) is 4.43. The molecule has 2 aliphatic rings. The highest BCUT2D eigenvalue weighted by Crippen LogP contribution is 2.41. The molecule has 3 amide bonds. The lowest BCUT2D eigenvalue weighted by Crippen LogP contribution is -2.57. The number of benzene rings is 4. The number of aryl methyl sites for hydroxylation is 3. The van der Waals surface area contributed by atoms with Gasteiger partial charge in [-0.1, -0.05) is 63.2 Å². The summed E-state index contributed by atoms with van der Waals surface area (Å²) < 4.78 is 53.1. The summed E-state index contributed by atoms with van der Waals surface area (Å²) in [5, 5.41) is 22.7. The van der Waals surface area contributed by atoms with Gasteiger partial charge in [-0.2, -0.15) is 18.4 Å².